The number of amides is 1. The summed E-state index contributed by atoms with van der Waals surface area (Å²) in [6.07, 6.45) is 2.36. The minimum Gasteiger partial charge on any atom is -0.369 e. The fourth-order valence-electron chi connectivity index (χ4n) is 4.43. The third kappa shape index (κ3) is 5.39. The Morgan fingerprint density at radius 3 is 2.55 bits per heavy atom. The number of hydrogen-bond acceptors (Lipinski definition) is 4. The number of piperazine rings is 1. The molecule has 2 aliphatic rings. The number of nitrogens with zero attached hydrogens (tertiary/aromatic N) is 4. The summed E-state index contributed by atoms with van der Waals surface area (Å²) in [6.45, 7) is 3.32. The van der Waals surface area contributed by atoms with Crippen LogP contribution in [0.25, 0.3) is 0 Å². The van der Waals surface area contributed by atoms with Gasteiger partial charge in [-0.1, -0.05) is 18.9 Å². The van der Waals surface area contributed by atoms with Gasteiger partial charge in [-0.2, -0.15) is 18.3 Å². The van der Waals surface area contributed by atoms with Crippen LogP contribution in [0, 0.1) is 0 Å². The molecule has 0 spiro atoms. The van der Waals surface area contributed by atoms with Crippen molar-refractivity contribution in [3.63, 3.8) is 0 Å². The molecule has 0 radical (unpaired) electrons. The minimum atomic E-state index is -4.33. The smallest absolute Gasteiger partial charge is 0.369 e. The van der Waals surface area contributed by atoms with Crippen molar-refractivity contribution in [1.29, 1.82) is 0 Å². The maximum atomic E-state index is 13.0. The van der Waals surface area contributed by atoms with Crippen LogP contribution in [0.15, 0.2) is 36.5 Å². The lowest BCUT2D eigenvalue weighted by Gasteiger charge is -2.36. The highest BCUT2D eigenvalue weighted by molar-refractivity contribution is 5.89. The molecule has 1 aliphatic heterocycles. The average Bonchev–Trinajstić information content (AvgIpc) is 3.44. The summed E-state index contributed by atoms with van der Waals surface area (Å²) in [7, 11) is 0. The number of rotatable bonds is 6. The predicted molar refractivity (Wildman–Crippen MR) is 113 cm³/mol. The van der Waals surface area contributed by atoms with Crippen LogP contribution in [0.4, 0.5) is 24.7 Å². The summed E-state index contributed by atoms with van der Waals surface area (Å²) in [4.78, 5) is 16.6. The summed E-state index contributed by atoms with van der Waals surface area (Å²) in [5.41, 5.74) is -0.0339. The van der Waals surface area contributed by atoms with Gasteiger partial charge in [-0.25, -0.2) is 4.68 Å². The number of nitrogens with one attached hydrogen (secondary N) is 1. The molecule has 2 fully saturated rings. The van der Waals surface area contributed by atoms with E-state index in [4.69, 9.17) is 0 Å². The standard InChI is InChI=1S/C22H28F3N5O/c23-22(24,25)17-4-3-7-19(16-17)29-14-12-28(13-15-29)11-9-21(31)27-20-8-10-26-30(20)18-5-1-2-6-18/h3-4,7-8,10,16,18H,1-2,5-6,9,11-15H2,(H,27,31). The Labute approximate surface area is 180 Å². The van der Waals surface area contributed by atoms with Crippen molar-refractivity contribution in [2.75, 3.05) is 42.9 Å². The fourth-order valence-corrected chi connectivity index (χ4v) is 4.43. The zero-order valence-electron chi connectivity index (χ0n) is 17.4. The molecule has 1 aliphatic carbocycles. The highest BCUT2D eigenvalue weighted by Crippen LogP contribution is 2.32. The first-order valence-corrected chi connectivity index (χ1v) is 10.9. The molecule has 1 amide bonds. The van der Waals surface area contributed by atoms with E-state index >= 15 is 0 Å². The van der Waals surface area contributed by atoms with Crippen LogP contribution < -0.4 is 10.2 Å². The molecule has 1 N–H and O–H groups in total. The van der Waals surface area contributed by atoms with E-state index in [-0.39, 0.29) is 5.91 Å². The van der Waals surface area contributed by atoms with E-state index in [1.807, 2.05) is 15.6 Å². The van der Waals surface area contributed by atoms with Crippen LogP contribution in [-0.4, -0.2) is 53.3 Å². The maximum absolute atomic E-state index is 13.0. The van der Waals surface area contributed by atoms with Crippen LogP contribution >= 0.6 is 0 Å². The van der Waals surface area contributed by atoms with Crippen molar-refractivity contribution in [2.45, 2.75) is 44.3 Å². The van der Waals surface area contributed by atoms with Gasteiger partial charge in [0.1, 0.15) is 5.82 Å². The van der Waals surface area contributed by atoms with E-state index in [0.29, 0.717) is 50.9 Å². The Balaban J connectivity index is 1.24. The first-order valence-electron chi connectivity index (χ1n) is 10.9. The van der Waals surface area contributed by atoms with E-state index in [2.05, 4.69) is 15.3 Å². The Morgan fingerprint density at radius 1 is 1.10 bits per heavy atom. The molecule has 31 heavy (non-hydrogen) atoms. The van der Waals surface area contributed by atoms with E-state index in [0.717, 1.165) is 24.7 Å². The van der Waals surface area contributed by atoms with Crippen LogP contribution in [0.2, 0.25) is 0 Å². The SMILES string of the molecule is O=C(CCN1CCN(c2cccc(C(F)(F)F)c2)CC1)Nc1ccnn1C1CCCC1. The van der Waals surface area contributed by atoms with E-state index in [9.17, 15) is 18.0 Å². The molecule has 168 valence electrons. The summed E-state index contributed by atoms with van der Waals surface area (Å²) < 4.78 is 40.8. The van der Waals surface area contributed by atoms with Crippen LogP contribution in [-0.2, 0) is 11.0 Å². The largest absolute Gasteiger partial charge is 0.416 e. The lowest BCUT2D eigenvalue weighted by molar-refractivity contribution is -0.137. The van der Waals surface area contributed by atoms with Crippen molar-refractivity contribution >= 4 is 17.4 Å². The zero-order valence-corrected chi connectivity index (χ0v) is 17.4. The molecule has 1 saturated carbocycles. The number of alkyl halides is 3. The highest BCUT2D eigenvalue weighted by atomic mass is 19.4. The van der Waals surface area contributed by atoms with Gasteiger partial charge in [-0.3, -0.25) is 9.69 Å². The number of halogens is 3. The molecule has 0 atom stereocenters. The van der Waals surface area contributed by atoms with Gasteiger partial charge < -0.3 is 10.2 Å². The lowest BCUT2D eigenvalue weighted by Crippen LogP contribution is -2.47. The van der Waals surface area contributed by atoms with Gasteiger partial charge in [0.2, 0.25) is 5.91 Å². The Kier molecular flexibility index (Phi) is 6.50. The van der Waals surface area contributed by atoms with Crippen molar-refractivity contribution in [3.8, 4) is 0 Å². The molecule has 1 saturated heterocycles. The number of benzene rings is 1. The van der Waals surface area contributed by atoms with Crippen molar-refractivity contribution in [3.05, 3.63) is 42.1 Å². The third-order valence-corrected chi connectivity index (χ3v) is 6.17. The van der Waals surface area contributed by atoms with Crippen molar-refractivity contribution < 1.29 is 18.0 Å². The van der Waals surface area contributed by atoms with Crippen molar-refractivity contribution in [1.82, 2.24) is 14.7 Å². The predicted octanol–water partition coefficient (Wildman–Crippen LogP) is 4.17. The molecular formula is C22H28F3N5O. The van der Waals surface area contributed by atoms with Crippen LogP contribution in [0.5, 0.6) is 0 Å². The van der Waals surface area contributed by atoms with Gasteiger partial charge >= 0.3 is 6.18 Å². The Hall–Kier alpha value is -2.55. The molecule has 1 aromatic heterocycles. The maximum Gasteiger partial charge on any atom is 0.416 e. The second kappa shape index (κ2) is 9.30. The summed E-state index contributed by atoms with van der Waals surface area (Å²) in [6, 6.07) is 7.67. The summed E-state index contributed by atoms with van der Waals surface area (Å²) >= 11 is 0. The van der Waals surface area contributed by atoms with Gasteiger partial charge in [-0.15, -0.1) is 0 Å². The van der Waals surface area contributed by atoms with Gasteiger partial charge in [0.25, 0.3) is 0 Å². The molecule has 2 aromatic rings. The molecule has 4 rings (SSSR count). The first-order chi connectivity index (χ1) is 14.9. The number of hydrogen-bond donors (Lipinski definition) is 1. The Morgan fingerprint density at radius 2 is 1.84 bits per heavy atom. The van der Waals surface area contributed by atoms with Gasteiger partial charge in [0.15, 0.2) is 0 Å². The molecule has 2 heterocycles. The van der Waals surface area contributed by atoms with E-state index in [1.165, 1.54) is 25.0 Å². The second-order valence-corrected chi connectivity index (χ2v) is 8.27. The zero-order chi connectivity index (χ0) is 21.8. The number of carbonyl (C=O) groups excluding carboxylic acids is 1. The number of anilines is 2. The molecule has 9 heteroatoms. The topological polar surface area (TPSA) is 53.4 Å². The van der Waals surface area contributed by atoms with Crippen molar-refractivity contribution in [2.24, 2.45) is 0 Å². The lowest BCUT2D eigenvalue weighted by atomic mass is 10.1. The summed E-state index contributed by atoms with van der Waals surface area (Å²) in [5.74, 6) is 0.714. The average molecular weight is 435 g/mol. The third-order valence-electron chi connectivity index (χ3n) is 6.17. The minimum absolute atomic E-state index is 0.0416. The molecule has 1 aromatic carbocycles. The normalized spacial score (nSPS) is 18.5. The van der Waals surface area contributed by atoms with Crippen LogP contribution in [0.3, 0.4) is 0 Å². The van der Waals surface area contributed by atoms with Gasteiger partial charge in [0.05, 0.1) is 17.8 Å². The molecule has 6 nitrogen and oxygen atoms in total. The fraction of sp³-hybridized carbons (Fsp3) is 0.545. The Bertz CT molecular complexity index is 883. The quantitative estimate of drug-likeness (QED) is 0.740. The molecular weight excluding hydrogens is 407 g/mol. The van der Waals surface area contributed by atoms with E-state index in [1.54, 1.807) is 12.3 Å². The monoisotopic (exact) mass is 435 g/mol. The number of carbonyl (C=O) groups is 1. The first kappa shape index (κ1) is 21.7. The van der Waals surface area contributed by atoms with Gasteiger partial charge in [0, 0.05) is 50.9 Å². The molecule has 0 unspecified atom stereocenters. The van der Waals surface area contributed by atoms with Crippen LogP contribution in [0.1, 0.15) is 43.7 Å². The summed E-state index contributed by atoms with van der Waals surface area (Å²) in [5, 5.41) is 7.36. The number of aromatic nitrogens is 2. The highest BCUT2D eigenvalue weighted by Gasteiger charge is 2.31. The second-order valence-electron chi connectivity index (χ2n) is 8.27. The molecule has 0 bridgehead atoms. The van der Waals surface area contributed by atoms with E-state index < -0.39 is 11.7 Å². The van der Waals surface area contributed by atoms with Gasteiger partial charge in [-0.05, 0) is 31.0 Å².